The molecule has 0 saturated carbocycles. The van der Waals surface area contributed by atoms with Crippen LogP contribution in [0.5, 0.6) is 0 Å². The largest absolute Gasteiger partial charge is 0.396 e. The molecular weight excluding hydrogens is 120 g/mol. The highest BCUT2D eigenvalue weighted by Crippen LogP contribution is 2.01. The second-order valence-electron chi connectivity index (χ2n) is 1.85. The fraction of sp³-hybridized carbons (Fsp3) is 0.667. The fourth-order valence-corrected chi connectivity index (χ4v) is 0.517. The summed E-state index contributed by atoms with van der Waals surface area (Å²) in [6.45, 7) is -0.0858. The van der Waals surface area contributed by atoms with Crippen molar-refractivity contribution in [3.05, 3.63) is 0 Å². The van der Waals surface area contributed by atoms with Gasteiger partial charge in [0.15, 0.2) is 0 Å². The molecule has 0 radical (unpaired) electrons. The molecule has 3 nitrogen and oxygen atoms in total. The van der Waals surface area contributed by atoms with Gasteiger partial charge in [0, 0.05) is 19.4 Å². The summed E-state index contributed by atoms with van der Waals surface area (Å²) in [5, 5.41) is 8.47. The van der Waals surface area contributed by atoms with Crippen molar-refractivity contribution in [2.45, 2.75) is 12.8 Å². The van der Waals surface area contributed by atoms with Crippen LogP contribution >= 0.6 is 0 Å². The monoisotopic (exact) mass is 130 g/mol. The van der Waals surface area contributed by atoms with Gasteiger partial charge < -0.3 is 14.7 Å². The number of aliphatic hydroxyl groups is 1. The van der Waals surface area contributed by atoms with Gasteiger partial charge in [-0.25, -0.2) is 0 Å². The molecule has 0 amide bonds. The second-order valence-corrected chi connectivity index (χ2v) is 1.85. The zero-order chi connectivity index (χ0) is 7.11. The molecule has 0 spiro atoms. The van der Waals surface area contributed by atoms with Gasteiger partial charge in [-0.15, -0.1) is 0 Å². The van der Waals surface area contributed by atoms with E-state index in [0.717, 1.165) is 0 Å². The summed E-state index contributed by atoms with van der Waals surface area (Å²) in [6.07, 6.45) is 1.97. The Morgan fingerprint density at radius 1 is 1.22 bits per heavy atom. The number of carbonyl (C=O) groups excluding carboxylic acids is 2. The fourth-order valence-electron chi connectivity index (χ4n) is 0.517. The Morgan fingerprint density at radius 2 is 1.67 bits per heavy atom. The zero-order valence-electron chi connectivity index (χ0n) is 5.12. The summed E-state index contributed by atoms with van der Waals surface area (Å²) in [7, 11) is 0. The normalized spacial score (nSPS) is 9.56. The van der Waals surface area contributed by atoms with E-state index in [1.165, 1.54) is 0 Å². The number of aliphatic hydroxyl groups excluding tert-OH is 1. The summed E-state index contributed by atoms with van der Waals surface area (Å²) in [6, 6.07) is 0. The molecule has 0 bridgehead atoms. The summed E-state index contributed by atoms with van der Waals surface area (Å²) in [4.78, 5) is 19.6. The Labute approximate surface area is 53.7 Å². The van der Waals surface area contributed by atoms with Gasteiger partial charge in [-0.2, -0.15) is 0 Å². The van der Waals surface area contributed by atoms with E-state index < -0.39 is 0 Å². The zero-order valence-corrected chi connectivity index (χ0v) is 5.12. The van der Waals surface area contributed by atoms with Crippen molar-refractivity contribution in [2.24, 2.45) is 5.92 Å². The lowest BCUT2D eigenvalue weighted by Crippen LogP contribution is -2.06. The average Bonchev–Trinajstić information content (AvgIpc) is 1.88. The standard InChI is InChI=1S/C6H10O3/c7-3-1-6(5-9)2-4-8/h3-4,6,9H,1-2,5H2. The lowest BCUT2D eigenvalue weighted by Gasteiger charge is -2.03. The molecule has 0 aromatic rings. The Morgan fingerprint density at radius 3 is 1.89 bits per heavy atom. The third kappa shape index (κ3) is 3.85. The van der Waals surface area contributed by atoms with E-state index in [1.807, 2.05) is 0 Å². The number of carbonyl (C=O) groups is 2. The quantitative estimate of drug-likeness (QED) is 0.523. The predicted octanol–water partition coefficient (Wildman–Crippen LogP) is -0.227. The van der Waals surface area contributed by atoms with Gasteiger partial charge in [-0.05, 0) is 5.92 Å². The van der Waals surface area contributed by atoms with Crippen LogP contribution in [0.1, 0.15) is 12.8 Å². The van der Waals surface area contributed by atoms with E-state index in [4.69, 9.17) is 5.11 Å². The van der Waals surface area contributed by atoms with Crippen LogP contribution in [0.3, 0.4) is 0 Å². The van der Waals surface area contributed by atoms with Gasteiger partial charge in [-0.3, -0.25) is 0 Å². The number of hydrogen-bond donors (Lipinski definition) is 1. The molecule has 1 N–H and O–H groups in total. The van der Waals surface area contributed by atoms with E-state index in [9.17, 15) is 9.59 Å². The van der Waals surface area contributed by atoms with Crippen LogP contribution in [-0.2, 0) is 9.59 Å². The highest BCUT2D eigenvalue weighted by molar-refractivity contribution is 5.54. The maximum Gasteiger partial charge on any atom is 0.120 e. The van der Waals surface area contributed by atoms with Crippen LogP contribution in [0, 0.1) is 5.92 Å². The molecule has 0 atom stereocenters. The van der Waals surface area contributed by atoms with Gasteiger partial charge >= 0.3 is 0 Å². The number of aldehydes is 2. The van der Waals surface area contributed by atoms with Crippen molar-refractivity contribution in [1.82, 2.24) is 0 Å². The van der Waals surface area contributed by atoms with E-state index >= 15 is 0 Å². The summed E-state index contributed by atoms with van der Waals surface area (Å²) in [5.41, 5.74) is 0. The second kappa shape index (κ2) is 5.44. The number of hydrogen-bond acceptors (Lipinski definition) is 3. The Hall–Kier alpha value is -0.700. The van der Waals surface area contributed by atoms with Crippen molar-refractivity contribution in [1.29, 1.82) is 0 Å². The first-order chi connectivity index (χ1) is 4.35. The molecular formula is C6H10O3. The van der Waals surface area contributed by atoms with Gasteiger partial charge in [0.25, 0.3) is 0 Å². The highest BCUT2D eigenvalue weighted by Gasteiger charge is 2.03. The molecule has 3 heteroatoms. The minimum Gasteiger partial charge on any atom is -0.396 e. The summed E-state index contributed by atoms with van der Waals surface area (Å²) < 4.78 is 0. The third-order valence-electron chi connectivity index (χ3n) is 1.12. The first-order valence-electron chi connectivity index (χ1n) is 2.83. The number of rotatable bonds is 5. The van der Waals surface area contributed by atoms with Gasteiger partial charge in [0.05, 0.1) is 0 Å². The van der Waals surface area contributed by atoms with Crippen LogP contribution < -0.4 is 0 Å². The van der Waals surface area contributed by atoms with E-state index in [0.29, 0.717) is 12.6 Å². The van der Waals surface area contributed by atoms with Crippen LogP contribution in [0.2, 0.25) is 0 Å². The lowest BCUT2D eigenvalue weighted by atomic mass is 10.1. The maximum atomic E-state index is 9.82. The minimum atomic E-state index is -0.167. The molecule has 0 aliphatic heterocycles. The lowest BCUT2D eigenvalue weighted by molar-refractivity contribution is -0.110. The molecule has 0 aromatic carbocycles. The highest BCUT2D eigenvalue weighted by atomic mass is 16.3. The van der Waals surface area contributed by atoms with Crippen molar-refractivity contribution in [3.8, 4) is 0 Å². The van der Waals surface area contributed by atoms with E-state index in [-0.39, 0.29) is 25.4 Å². The molecule has 52 valence electrons. The Balaban J connectivity index is 3.39. The molecule has 9 heavy (non-hydrogen) atoms. The first-order valence-corrected chi connectivity index (χ1v) is 2.83. The van der Waals surface area contributed by atoms with Crippen molar-refractivity contribution < 1.29 is 14.7 Å². The van der Waals surface area contributed by atoms with Crippen LogP contribution in [0.4, 0.5) is 0 Å². The molecule has 0 saturated heterocycles. The summed E-state index contributed by atoms with van der Waals surface area (Å²) in [5.74, 6) is -0.167. The van der Waals surface area contributed by atoms with Crippen LogP contribution in [-0.4, -0.2) is 24.3 Å². The van der Waals surface area contributed by atoms with Gasteiger partial charge in [0.1, 0.15) is 12.6 Å². The Kier molecular flexibility index (Phi) is 5.01. The molecule has 0 unspecified atom stereocenters. The predicted molar refractivity (Wildman–Crippen MR) is 31.9 cm³/mol. The van der Waals surface area contributed by atoms with E-state index in [1.54, 1.807) is 0 Å². The summed E-state index contributed by atoms with van der Waals surface area (Å²) >= 11 is 0. The smallest absolute Gasteiger partial charge is 0.120 e. The average molecular weight is 130 g/mol. The van der Waals surface area contributed by atoms with Crippen molar-refractivity contribution >= 4 is 12.6 Å². The molecule has 0 rings (SSSR count). The van der Waals surface area contributed by atoms with Crippen LogP contribution in [0.25, 0.3) is 0 Å². The maximum absolute atomic E-state index is 9.82. The van der Waals surface area contributed by atoms with Gasteiger partial charge in [-0.1, -0.05) is 0 Å². The third-order valence-corrected chi connectivity index (χ3v) is 1.12. The molecule has 0 aromatic heterocycles. The molecule has 0 fully saturated rings. The van der Waals surface area contributed by atoms with Crippen LogP contribution in [0.15, 0.2) is 0 Å². The molecule has 0 aliphatic rings. The topological polar surface area (TPSA) is 54.4 Å². The van der Waals surface area contributed by atoms with Gasteiger partial charge in [0.2, 0.25) is 0 Å². The van der Waals surface area contributed by atoms with E-state index in [2.05, 4.69) is 0 Å². The van der Waals surface area contributed by atoms with Crippen molar-refractivity contribution in [3.63, 3.8) is 0 Å². The minimum absolute atomic E-state index is 0.0858. The SMILES string of the molecule is O=CCC(CO)CC=O. The first kappa shape index (κ1) is 8.30. The molecule has 0 aliphatic carbocycles. The van der Waals surface area contributed by atoms with Crippen molar-refractivity contribution in [2.75, 3.05) is 6.61 Å². The molecule has 0 heterocycles. The Bertz CT molecular complexity index is 80.3.